The number of carbonyl (C=O) groups is 2. The number of hydrogen-bond acceptors (Lipinski definition) is 6. The van der Waals surface area contributed by atoms with Gasteiger partial charge < -0.3 is 30.7 Å². The molecular weight excluding hydrogens is 360 g/mol. The van der Waals surface area contributed by atoms with Gasteiger partial charge in [-0.3, -0.25) is 0 Å². The van der Waals surface area contributed by atoms with Crippen LogP contribution in [0.25, 0.3) is 0 Å². The van der Waals surface area contributed by atoms with Gasteiger partial charge in [0.15, 0.2) is 0 Å². The van der Waals surface area contributed by atoms with E-state index in [1.54, 1.807) is 0 Å². The first-order chi connectivity index (χ1) is 12.9. The number of alkyl carbamates (subject to hydrolysis) is 2. The molecule has 6 atom stereocenters. The summed E-state index contributed by atoms with van der Waals surface area (Å²) in [5.41, 5.74) is -0.793. The molecule has 4 fully saturated rings. The Kier molecular flexibility index (Phi) is 5.83. The number of carbonyl (C=O) groups excluding carboxylic acids is 2. The van der Waals surface area contributed by atoms with Crippen LogP contribution in [0.2, 0.25) is 0 Å². The van der Waals surface area contributed by atoms with E-state index in [1.807, 2.05) is 41.5 Å². The number of amides is 2. The summed E-state index contributed by atoms with van der Waals surface area (Å²) in [4.78, 5) is 22.8. The third-order valence-corrected chi connectivity index (χ3v) is 5.55. The predicted octanol–water partition coefficient (Wildman–Crippen LogP) is 1.46. The second-order valence-electron chi connectivity index (χ2n) is 10.3. The standard InChI is InChI=1S/2C10H18N2O2/c2*1-10(2,3)14-9(13)12-8-6-4-11-5-7(6)8/h2*6-8,11H,4-5H2,1-3H3,(H,12,13)/t2*6-,7+,8?. The smallest absolute Gasteiger partial charge is 0.407 e. The fourth-order valence-corrected chi connectivity index (χ4v) is 4.15. The van der Waals surface area contributed by atoms with Crippen LogP contribution >= 0.6 is 0 Å². The summed E-state index contributed by atoms with van der Waals surface area (Å²) in [7, 11) is 0. The van der Waals surface area contributed by atoms with Crippen molar-refractivity contribution >= 4 is 12.2 Å². The molecule has 0 spiro atoms. The van der Waals surface area contributed by atoms with E-state index >= 15 is 0 Å². The zero-order valence-corrected chi connectivity index (χ0v) is 17.9. The van der Waals surface area contributed by atoms with Gasteiger partial charge in [0.25, 0.3) is 0 Å². The van der Waals surface area contributed by atoms with E-state index in [0.29, 0.717) is 35.8 Å². The van der Waals surface area contributed by atoms with Crippen LogP contribution in [0.5, 0.6) is 0 Å². The van der Waals surface area contributed by atoms with Gasteiger partial charge in [0.2, 0.25) is 0 Å². The van der Waals surface area contributed by atoms with Gasteiger partial charge in [-0.05, 0) is 65.2 Å². The van der Waals surface area contributed by atoms with Gasteiger partial charge >= 0.3 is 12.2 Å². The van der Waals surface area contributed by atoms with Gasteiger partial charge in [-0.25, -0.2) is 9.59 Å². The lowest BCUT2D eigenvalue weighted by Crippen LogP contribution is -2.37. The van der Waals surface area contributed by atoms with Crippen molar-refractivity contribution in [3.63, 3.8) is 0 Å². The average Bonchev–Trinajstić information content (AvgIpc) is 3.17. The molecular formula is C20H36N4O4. The predicted molar refractivity (Wildman–Crippen MR) is 106 cm³/mol. The highest BCUT2D eigenvalue weighted by Gasteiger charge is 2.54. The van der Waals surface area contributed by atoms with E-state index in [1.165, 1.54) is 0 Å². The first kappa shape index (κ1) is 21.2. The van der Waals surface area contributed by atoms with Gasteiger partial charge in [0, 0.05) is 38.3 Å². The maximum atomic E-state index is 11.4. The molecule has 2 aliphatic carbocycles. The second-order valence-corrected chi connectivity index (χ2v) is 10.3. The first-order valence-corrected chi connectivity index (χ1v) is 10.3. The molecule has 2 saturated carbocycles. The maximum absolute atomic E-state index is 11.4. The van der Waals surface area contributed by atoms with E-state index in [2.05, 4.69) is 21.3 Å². The van der Waals surface area contributed by atoms with Crippen molar-refractivity contribution in [1.29, 1.82) is 0 Å². The number of fused-ring (bicyclic) bond motifs is 2. The molecule has 8 heteroatoms. The minimum atomic E-state index is -0.396. The van der Waals surface area contributed by atoms with Crippen LogP contribution in [0.1, 0.15) is 41.5 Å². The Morgan fingerprint density at radius 3 is 1.21 bits per heavy atom. The molecule has 0 aromatic rings. The normalized spacial score (nSPS) is 34.9. The van der Waals surface area contributed by atoms with Crippen LogP contribution in [0.3, 0.4) is 0 Å². The molecule has 0 bridgehead atoms. The number of ether oxygens (including phenoxy) is 2. The lowest BCUT2D eigenvalue weighted by Gasteiger charge is -2.20. The Labute approximate surface area is 167 Å². The molecule has 2 unspecified atom stereocenters. The summed E-state index contributed by atoms with van der Waals surface area (Å²) >= 11 is 0. The molecule has 0 aromatic carbocycles. The molecule has 2 amide bonds. The van der Waals surface area contributed by atoms with E-state index in [9.17, 15) is 9.59 Å². The maximum Gasteiger partial charge on any atom is 0.407 e. The molecule has 2 saturated heterocycles. The van der Waals surface area contributed by atoms with Crippen molar-refractivity contribution in [1.82, 2.24) is 21.3 Å². The fraction of sp³-hybridized carbons (Fsp3) is 0.900. The summed E-state index contributed by atoms with van der Waals surface area (Å²) in [6.45, 7) is 15.4. The highest BCUT2D eigenvalue weighted by molar-refractivity contribution is 5.69. The molecule has 2 aliphatic heterocycles. The number of nitrogens with one attached hydrogen (secondary N) is 4. The van der Waals surface area contributed by atoms with Gasteiger partial charge in [0.05, 0.1) is 0 Å². The molecule has 2 heterocycles. The number of piperidine rings is 2. The van der Waals surface area contributed by atoms with Crippen LogP contribution in [-0.4, -0.2) is 61.7 Å². The third kappa shape index (κ3) is 5.73. The Hall–Kier alpha value is -1.54. The lowest BCUT2D eigenvalue weighted by atomic mass is 10.2. The van der Waals surface area contributed by atoms with Gasteiger partial charge in [0.1, 0.15) is 11.2 Å². The monoisotopic (exact) mass is 396 g/mol. The van der Waals surface area contributed by atoms with Gasteiger partial charge in [-0.1, -0.05) is 0 Å². The quantitative estimate of drug-likeness (QED) is 0.564. The van der Waals surface area contributed by atoms with E-state index in [-0.39, 0.29) is 12.2 Å². The van der Waals surface area contributed by atoms with Crippen molar-refractivity contribution in [2.75, 3.05) is 26.2 Å². The van der Waals surface area contributed by atoms with Crippen molar-refractivity contribution in [3.05, 3.63) is 0 Å². The third-order valence-electron chi connectivity index (χ3n) is 5.55. The summed E-state index contributed by atoms with van der Waals surface area (Å²) in [5, 5.41) is 12.4. The van der Waals surface area contributed by atoms with E-state index in [0.717, 1.165) is 26.2 Å². The minimum Gasteiger partial charge on any atom is -0.444 e. The Bertz CT molecular complexity index is 526. The Morgan fingerprint density at radius 2 is 0.964 bits per heavy atom. The van der Waals surface area contributed by atoms with Crippen LogP contribution in [0.15, 0.2) is 0 Å². The summed E-state index contributed by atoms with van der Waals surface area (Å²) < 4.78 is 10.4. The number of hydrogen-bond donors (Lipinski definition) is 4. The lowest BCUT2D eigenvalue weighted by molar-refractivity contribution is 0.0506. The van der Waals surface area contributed by atoms with Crippen molar-refractivity contribution in [2.24, 2.45) is 23.7 Å². The summed E-state index contributed by atoms with van der Waals surface area (Å²) in [6, 6.07) is 0.706. The molecule has 4 aliphatic rings. The van der Waals surface area contributed by atoms with Gasteiger partial charge in [-0.2, -0.15) is 0 Å². The zero-order chi connectivity index (χ0) is 20.7. The largest absolute Gasteiger partial charge is 0.444 e. The van der Waals surface area contributed by atoms with E-state index in [4.69, 9.17) is 9.47 Å². The van der Waals surface area contributed by atoms with Crippen LogP contribution in [0, 0.1) is 23.7 Å². The molecule has 28 heavy (non-hydrogen) atoms. The second kappa shape index (κ2) is 7.71. The highest BCUT2D eigenvalue weighted by atomic mass is 16.6. The van der Waals surface area contributed by atoms with Crippen molar-refractivity contribution < 1.29 is 19.1 Å². The molecule has 4 rings (SSSR count). The summed E-state index contributed by atoms with van der Waals surface area (Å²) in [6.07, 6.45) is -0.561. The molecule has 0 aromatic heterocycles. The first-order valence-electron chi connectivity index (χ1n) is 10.3. The fourth-order valence-electron chi connectivity index (χ4n) is 4.15. The topological polar surface area (TPSA) is 101 Å². The Balaban J connectivity index is 0.000000161. The van der Waals surface area contributed by atoms with Crippen LogP contribution in [-0.2, 0) is 9.47 Å². The van der Waals surface area contributed by atoms with Crippen molar-refractivity contribution in [3.8, 4) is 0 Å². The molecule has 160 valence electrons. The van der Waals surface area contributed by atoms with Gasteiger partial charge in [-0.15, -0.1) is 0 Å². The summed E-state index contributed by atoms with van der Waals surface area (Å²) in [5.74, 6) is 2.56. The SMILES string of the molecule is CC(C)(C)OC(=O)NC1[C@H]2CNC[C@@H]12.CC(C)(C)OC(=O)NC1[C@H]2CNC[C@@H]12. The molecule has 8 nitrogen and oxygen atoms in total. The average molecular weight is 397 g/mol. The molecule has 4 N–H and O–H groups in total. The minimum absolute atomic E-state index is 0.281. The Morgan fingerprint density at radius 1 is 0.679 bits per heavy atom. The highest BCUT2D eigenvalue weighted by Crippen LogP contribution is 2.42. The van der Waals surface area contributed by atoms with Crippen LogP contribution < -0.4 is 21.3 Å². The van der Waals surface area contributed by atoms with Crippen LogP contribution in [0.4, 0.5) is 9.59 Å². The van der Waals surface area contributed by atoms with E-state index < -0.39 is 11.2 Å². The number of rotatable bonds is 2. The van der Waals surface area contributed by atoms with Crippen molar-refractivity contribution in [2.45, 2.75) is 64.8 Å². The zero-order valence-electron chi connectivity index (χ0n) is 17.9. The molecule has 0 radical (unpaired) electrons.